The molecule has 24 heavy (non-hydrogen) atoms. The van der Waals surface area contributed by atoms with Crippen LogP contribution in [-0.2, 0) is 24.8 Å². The molecule has 0 saturated heterocycles. The molecule has 0 aliphatic rings. The van der Waals surface area contributed by atoms with Gasteiger partial charge in [0.2, 0.25) is 20.0 Å². The zero-order chi connectivity index (χ0) is 18.5. The SMILES string of the molecule is CNS(=O)(=O)c1cccc(S(=O)(=O)NCC(CC(C)C)C(=O)O)c1. The normalized spacial score (nSPS) is 13.8. The Labute approximate surface area is 142 Å². The third kappa shape index (κ3) is 5.55. The number of rotatable bonds is 9. The van der Waals surface area contributed by atoms with Crippen LogP contribution in [0, 0.1) is 11.8 Å². The Morgan fingerprint density at radius 2 is 1.67 bits per heavy atom. The van der Waals surface area contributed by atoms with E-state index in [1.807, 2.05) is 13.8 Å². The van der Waals surface area contributed by atoms with Crippen LogP contribution in [0.3, 0.4) is 0 Å². The molecule has 3 N–H and O–H groups in total. The van der Waals surface area contributed by atoms with Gasteiger partial charge in [-0.25, -0.2) is 26.3 Å². The molecule has 0 amide bonds. The highest BCUT2D eigenvalue weighted by atomic mass is 32.2. The minimum atomic E-state index is -4.02. The second-order valence-electron chi connectivity index (χ2n) is 5.70. The van der Waals surface area contributed by atoms with Crippen molar-refractivity contribution in [3.8, 4) is 0 Å². The molecule has 0 fully saturated rings. The molecule has 0 bridgehead atoms. The second-order valence-corrected chi connectivity index (χ2v) is 9.35. The highest BCUT2D eigenvalue weighted by molar-refractivity contribution is 7.90. The number of aliphatic carboxylic acids is 1. The second kappa shape index (κ2) is 8.06. The molecule has 0 saturated carbocycles. The summed E-state index contributed by atoms with van der Waals surface area (Å²) >= 11 is 0. The molecule has 8 nitrogen and oxygen atoms in total. The van der Waals surface area contributed by atoms with E-state index in [9.17, 15) is 21.6 Å². The number of hydrogen-bond acceptors (Lipinski definition) is 5. The fraction of sp³-hybridized carbons (Fsp3) is 0.500. The van der Waals surface area contributed by atoms with Crippen molar-refractivity contribution in [2.45, 2.75) is 30.1 Å². The average Bonchev–Trinajstić information content (AvgIpc) is 2.51. The fourth-order valence-corrected chi connectivity index (χ4v) is 4.04. The summed E-state index contributed by atoms with van der Waals surface area (Å²) in [4.78, 5) is 10.8. The van der Waals surface area contributed by atoms with Gasteiger partial charge in [0.05, 0.1) is 15.7 Å². The predicted molar refractivity (Wildman–Crippen MR) is 88.5 cm³/mol. The van der Waals surface area contributed by atoms with Gasteiger partial charge < -0.3 is 5.11 Å². The molecule has 0 aliphatic heterocycles. The van der Waals surface area contributed by atoms with E-state index in [2.05, 4.69) is 9.44 Å². The van der Waals surface area contributed by atoms with Gasteiger partial charge in [0.15, 0.2) is 0 Å². The van der Waals surface area contributed by atoms with Gasteiger partial charge >= 0.3 is 5.97 Å². The van der Waals surface area contributed by atoms with Crippen LogP contribution in [0.4, 0.5) is 0 Å². The smallest absolute Gasteiger partial charge is 0.307 e. The molecule has 0 spiro atoms. The Morgan fingerprint density at radius 3 is 2.12 bits per heavy atom. The van der Waals surface area contributed by atoms with Crippen molar-refractivity contribution in [3.63, 3.8) is 0 Å². The molecular formula is C14H22N2O6S2. The first-order chi connectivity index (χ1) is 11.0. The molecule has 1 rings (SSSR count). The van der Waals surface area contributed by atoms with Gasteiger partial charge in [-0.3, -0.25) is 4.79 Å². The van der Waals surface area contributed by atoms with Crippen molar-refractivity contribution in [2.24, 2.45) is 11.8 Å². The van der Waals surface area contributed by atoms with E-state index < -0.39 is 31.9 Å². The summed E-state index contributed by atoms with van der Waals surface area (Å²) in [6, 6.07) is 4.84. The van der Waals surface area contributed by atoms with E-state index in [1.165, 1.54) is 25.2 Å². The van der Waals surface area contributed by atoms with E-state index in [-0.39, 0.29) is 22.3 Å². The quantitative estimate of drug-likeness (QED) is 0.577. The lowest BCUT2D eigenvalue weighted by Crippen LogP contribution is -2.33. The zero-order valence-corrected chi connectivity index (χ0v) is 15.3. The number of nitrogens with one attached hydrogen (secondary N) is 2. The first-order valence-corrected chi connectivity index (χ1v) is 10.2. The predicted octanol–water partition coefficient (Wildman–Crippen LogP) is 0.620. The lowest BCUT2D eigenvalue weighted by molar-refractivity contribution is -0.142. The maximum Gasteiger partial charge on any atom is 0.307 e. The molecule has 0 aliphatic carbocycles. The molecule has 0 radical (unpaired) electrons. The largest absolute Gasteiger partial charge is 0.481 e. The summed E-state index contributed by atoms with van der Waals surface area (Å²) in [5.41, 5.74) is 0. The number of carboxylic acids is 1. The number of carboxylic acid groups (broad SMARTS) is 1. The van der Waals surface area contributed by atoms with Crippen LogP contribution in [0.15, 0.2) is 34.1 Å². The molecule has 1 aromatic carbocycles. The van der Waals surface area contributed by atoms with Crippen LogP contribution in [0.2, 0.25) is 0 Å². The van der Waals surface area contributed by atoms with Gasteiger partial charge in [-0.15, -0.1) is 0 Å². The molecule has 10 heteroatoms. The Balaban J connectivity index is 3.01. The van der Waals surface area contributed by atoms with Crippen LogP contribution < -0.4 is 9.44 Å². The fourth-order valence-electron chi connectivity index (χ4n) is 2.06. The summed E-state index contributed by atoms with van der Waals surface area (Å²) in [5, 5.41) is 9.15. The van der Waals surface area contributed by atoms with Gasteiger partial charge in [-0.05, 0) is 37.6 Å². The van der Waals surface area contributed by atoms with Crippen molar-refractivity contribution in [1.82, 2.24) is 9.44 Å². The van der Waals surface area contributed by atoms with Crippen molar-refractivity contribution >= 4 is 26.0 Å². The highest BCUT2D eigenvalue weighted by Gasteiger charge is 2.23. The van der Waals surface area contributed by atoms with Crippen molar-refractivity contribution in [2.75, 3.05) is 13.6 Å². The monoisotopic (exact) mass is 378 g/mol. The third-order valence-electron chi connectivity index (χ3n) is 3.32. The van der Waals surface area contributed by atoms with Gasteiger partial charge in [0.25, 0.3) is 0 Å². The average molecular weight is 378 g/mol. The third-order valence-corrected chi connectivity index (χ3v) is 6.15. The summed E-state index contributed by atoms with van der Waals surface area (Å²) in [6.45, 7) is 3.42. The molecule has 0 aromatic heterocycles. The zero-order valence-electron chi connectivity index (χ0n) is 13.7. The summed E-state index contributed by atoms with van der Waals surface area (Å²) in [7, 11) is -6.58. The van der Waals surface area contributed by atoms with E-state index in [0.29, 0.717) is 6.42 Å². The maximum atomic E-state index is 12.3. The molecule has 0 heterocycles. The Morgan fingerprint density at radius 1 is 1.12 bits per heavy atom. The van der Waals surface area contributed by atoms with Crippen LogP contribution in [-0.4, -0.2) is 41.5 Å². The van der Waals surface area contributed by atoms with Gasteiger partial charge in [-0.2, -0.15) is 0 Å². The van der Waals surface area contributed by atoms with Gasteiger partial charge in [0, 0.05) is 6.54 Å². The molecule has 1 atom stereocenters. The number of benzene rings is 1. The lowest BCUT2D eigenvalue weighted by Gasteiger charge is -2.15. The van der Waals surface area contributed by atoms with E-state index in [0.717, 1.165) is 6.07 Å². The first-order valence-electron chi connectivity index (χ1n) is 7.25. The number of hydrogen-bond donors (Lipinski definition) is 3. The lowest BCUT2D eigenvalue weighted by atomic mass is 9.98. The summed E-state index contributed by atoms with van der Waals surface area (Å²) in [5.74, 6) is -1.85. The Bertz CT molecular complexity index is 787. The van der Waals surface area contributed by atoms with Gasteiger partial charge in [0.1, 0.15) is 0 Å². The minimum absolute atomic E-state index is 0.0969. The maximum absolute atomic E-state index is 12.3. The van der Waals surface area contributed by atoms with E-state index in [1.54, 1.807) is 0 Å². The molecule has 1 unspecified atom stereocenters. The van der Waals surface area contributed by atoms with Crippen molar-refractivity contribution in [3.05, 3.63) is 24.3 Å². The van der Waals surface area contributed by atoms with Crippen molar-refractivity contribution in [1.29, 1.82) is 0 Å². The standard InChI is InChI=1S/C14H22N2O6S2/c1-10(2)7-11(14(17)18)9-16-24(21,22)13-6-4-5-12(8-13)23(19,20)15-3/h4-6,8,10-11,15-16H,7,9H2,1-3H3,(H,17,18). The Hall–Kier alpha value is -1.49. The van der Waals surface area contributed by atoms with Crippen LogP contribution in [0.25, 0.3) is 0 Å². The van der Waals surface area contributed by atoms with E-state index >= 15 is 0 Å². The van der Waals surface area contributed by atoms with Crippen LogP contribution >= 0.6 is 0 Å². The number of sulfonamides is 2. The number of carbonyl (C=O) groups is 1. The van der Waals surface area contributed by atoms with Gasteiger partial charge in [-0.1, -0.05) is 19.9 Å². The Kier molecular flexibility index (Phi) is 6.90. The minimum Gasteiger partial charge on any atom is -0.481 e. The highest BCUT2D eigenvalue weighted by Crippen LogP contribution is 2.17. The van der Waals surface area contributed by atoms with Crippen molar-refractivity contribution < 1.29 is 26.7 Å². The molecular weight excluding hydrogens is 356 g/mol. The summed E-state index contributed by atoms with van der Waals surface area (Å²) < 4.78 is 52.4. The van der Waals surface area contributed by atoms with Crippen LogP contribution in [0.5, 0.6) is 0 Å². The van der Waals surface area contributed by atoms with E-state index in [4.69, 9.17) is 5.11 Å². The molecule has 1 aromatic rings. The topological polar surface area (TPSA) is 130 Å². The summed E-state index contributed by atoms with van der Waals surface area (Å²) in [6.07, 6.45) is 0.325. The van der Waals surface area contributed by atoms with Crippen LogP contribution in [0.1, 0.15) is 20.3 Å². The molecule has 136 valence electrons. The first kappa shape index (κ1) is 20.6.